The number of anilines is 1. The van der Waals surface area contributed by atoms with E-state index in [1.165, 1.54) is 11.3 Å². The Morgan fingerprint density at radius 3 is 2.76 bits per heavy atom. The third-order valence-electron chi connectivity index (χ3n) is 4.53. The number of ether oxygens (including phenoxy) is 3. The van der Waals surface area contributed by atoms with E-state index in [4.69, 9.17) is 19.2 Å². The van der Waals surface area contributed by atoms with Gasteiger partial charge in [0.1, 0.15) is 5.75 Å². The van der Waals surface area contributed by atoms with Crippen molar-refractivity contribution in [2.45, 2.75) is 6.92 Å². The van der Waals surface area contributed by atoms with Crippen molar-refractivity contribution in [3.63, 3.8) is 0 Å². The summed E-state index contributed by atoms with van der Waals surface area (Å²) in [4.78, 5) is 21.8. The molecule has 0 fully saturated rings. The molecule has 1 aliphatic heterocycles. The van der Waals surface area contributed by atoms with E-state index < -0.39 is 0 Å². The number of hydrogen-bond acceptors (Lipinski definition) is 7. The Kier molecular flexibility index (Phi) is 5.55. The Bertz CT molecular complexity index is 1030. The Morgan fingerprint density at radius 1 is 1.14 bits per heavy atom. The third kappa shape index (κ3) is 4.13. The highest BCUT2D eigenvalue weighted by Crippen LogP contribution is 2.35. The number of nitrogens with zero attached hydrogens (tertiary/aromatic N) is 3. The van der Waals surface area contributed by atoms with Gasteiger partial charge in [0.25, 0.3) is 5.91 Å². The lowest BCUT2D eigenvalue weighted by atomic mass is 10.2. The highest BCUT2D eigenvalue weighted by atomic mass is 32.1. The number of fused-ring (bicyclic) bond motifs is 2. The van der Waals surface area contributed by atoms with Gasteiger partial charge in [-0.15, -0.1) is 0 Å². The molecular formula is C21H23N3O4S. The van der Waals surface area contributed by atoms with Crippen LogP contribution in [0.2, 0.25) is 0 Å². The molecule has 7 nitrogen and oxygen atoms in total. The van der Waals surface area contributed by atoms with Crippen molar-refractivity contribution in [3.8, 4) is 17.2 Å². The second-order valence-corrected chi connectivity index (χ2v) is 7.90. The van der Waals surface area contributed by atoms with Gasteiger partial charge in [-0.25, -0.2) is 4.98 Å². The van der Waals surface area contributed by atoms with Gasteiger partial charge in [-0.2, -0.15) is 0 Å². The number of hydrogen-bond donors (Lipinski definition) is 0. The Morgan fingerprint density at radius 2 is 1.97 bits per heavy atom. The lowest BCUT2D eigenvalue weighted by Crippen LogP contribution is -2.36. The lowest BCUT2D eigenvalue weighted by molar-refractivity contribution is 0.0984. The normalized spacial score (nSPS) is 12.6. The monoisotopic (exact) mass is 413 g/mol. The van der Waals surface area contributed by atoms with Crippen LogP contribution in [0.25, 0.3) is 10.2 Å². The van der Waals surface area contributed by atoms with Gasteiger partial charge in [-0.1, -0.05) is 11.3 Å². The molecular weight excluding hydrogens is 390 g/mol. The topological polar surface area (TPSA) is 64.1 Å². The quantitative estimate of drug-likeness (QED) is 0.589. The lowest BCUT2D eigenvalue weighted by Gasteiger charge is -2.22. The molecule has 1 amide bonds. The van der Waals surface area contributed by atoms with Gasteiger partial charge in [-0.3, -0.25) is 9.69 Å². The van der Waals surface area contributed by atoms with E-state index in [1.54, 1.807) is 23.1 Å². The first-order chi connectivity index (χ1) is 14.0. The zero-order valence-corrected chi connectivity index (χ0v) is 17.5. The number of amides is 1. The second kappa shape index (κ2) is 8.26. The number of thiazole rings is 1. The van der Waals surface area contributed by atoms with E-state index in [9.17, 15) is 4.79 Å². The SMILES string of the molecule is CCOc1ccc2nc(N(CCN(C)C)C(=O)c3ccc4c(c3)OCO4)sc2c1. The Hall–Kier alpha value is -2.84. The minimum absolute atomic E-state index is 0.116. The molecule has 1 aliphatic rings. The number of carbonyl (C=O) groups excluding carboxylic acids is 1. The molecule has 3 aromatic rings. The van der Waals surface area contributed by atoms with E-state index in [-0.39, 0.29) is 12.7 Å². The van der Waals surface area contributed by atoms with Gasteiger partial charge in [0.15, 0.2) is 16.6 Å². The molecule has 1 aromatic heterocycles. The maximum Gasteiger partial charge on any atom is 0.260 e. The Balaban J connectivity index is 1.67. The van der Waals surface area contributed by atoms with E-state index in [1.807, 2.05) is 44.1 Å². The van der Waals surface area contributed by atoms with Crippen LogP contribution < -0.4 is 19.1 Å². The molecule has 0 radical (unpaired) electrons. The van der Waals surface area contributed by atoms with E-state index in [0.29, 0.717) is 35.3 Å². The zero-order valence-electron chi connectivity index (χ0n) is 16.7. The molecule has 0 saturated heterocycles. The van der Waals surface area contributed by atoms with Crippen molar-refractivity contribution >= 4 is 32.6 Å². The summed E-state index contributed by atoms with van der Waals surface area (Å²) < 4.78 is 17.4. The van der Waals surface area contributed by atoms with Gasteiger partial charge in [0.2, 0.25) is 6.79 Å². The highest BCUT2D eigenvalue weighted by Gasteiger charge is 2.24. The van der Waals surface area contributed by atoms with Crippen molar-refractivity contribution in [1.82, 2.24) is 9.88 Å². The number of aromatic nitrogens is 1. The van der Waals surface area contributed by atoms with Crippen LogP contribution >= 0.6 is 11.3 Å². The van der Waals surface area contributed by atoms with E-state index in [0.717, 1.165) is 22.5 Å². The minimum Gasteiger partial charge on any atom is -0.494 e. The number of rotatable bonds is 7. The first-order valence-corrected chi connectivity index (χ1v) is 10.3. The molecule has 0 aliphatic carbocycles. The fourth-order valence-corrected chi connectivity index (χ4v) is 4.05. The number of likely N-dealkylation sites (N-methyl/N-ethyl adjacent to an activating group) is 1. The van der Waals surface area contributed by atoms with Gasteiger partial charge >= 0.3 is 0 Å². The summed E-state index contributed by atoms with van der Waals surface area (Å²) in [6.07, 6.45) is 0. The smallest absolute Gasteiger partial charge is 0.260 e. The van der Waals surface area contributed by atoms with Crippen LogP contribution in [0.4, 0.5) is 5.13 Å². The van der Waals surface area contributed by atoms with Crippen LogP contribution in [0.5, 0.6) is 17.2 Å². The number of carbonyl (C=O) groups is 1. The summed E-state index contributed by atoms with van der Waals surface area (Å²) in [5, 5.41) is 0.665. The molecule has 2 aromatic carbocycles. The fourth-order valence-electron chi connectivity index (χ4n) is 3.03. The van der Waals surface area contributed by atoms with Crippen molar-refractivity contribution in [3.05, 3.63) is 42.0 Å². The van der Waals surface area contributed by atoms with E-state index >= 15 is 0 Å². The molecule has 152 valence electrons. The second-order valence-electron chi connectivity index (χ2n) is 6.89. The summed E-state index contributed by atoms with van der Waals surface area (Å²) in [6, 6.07) is 11.1. The Labute approximate surface area is 173 Å². The van der Waals surface area contributed by atoms with Crippen LogP contribution in [-0.2, 0) is 0 Å². The third-order valence-corrected chi connectivity index (χ3v) is 5.57. The van der Waals surface area contributed by atoms with Crippen molar-refractivity contribution < 1.29 is 19.0 Å². The molecule has 0 unspecified atom stereocenters. The van der Waals surface area contributed by atoms with Gasteiger partial charge < -0.3 is 19.1 Å². The summed E-state index contributed by atoms with van der Waals surface area (Å²) in [5.41, 5.74) is 1.39. The molecule has 2 heterocycles. The summed E-state index contributed by atoms with van der Waals surface area (Å²) in [5.74, 6) is 1.94. The van der Waals surface area contributed by atoms with Crippen LogP contribution in [0.15, 0.2) is 36.4 Å². The van der Waals surface area contributed by atoms with Gasteiger partial charge in [-0.05, 0) is 57.4 Å². The molecule has 0 saturated carbocycles. The zero-order chi connectivity index (χ0) is 20.4. The van der Waals surface area contributed by atoms with Crippen molar-refractivity contribution in [2.24, 2.45) is 0 Å². The largest absolute Gasteiger partial charge is 0.494 e. The molecule has 8 heteroatoms. The van der Waals surface area contributed by atoms with E-state index in [2.05, 4.69) is 0 Å². The predicted octanol–water partition coefficient (Wildman–Crippen LogP) is 3.63. The van der Waals surface area contributed by atoms with Crippen molar-refractivity contribution in [1.29, 1.82) is 0 Å². The molecule has 0 bridgehead atoms. The summed E-state index contributed by atoms with van der Waals surface area (Å²) in [6.45, 7) is 3.98. The molecule has 4 rings (SSSR count). The first-order valence-electron chi connectivity index (χ1n) is 9.45. The summed E-state index contributed by atoms with van der Waals surface area (Å²) >= 11 is 1.49. The molecule has 0 N–H and O–H groups in total. The average molecular weight is 413 g/mol. The average Bonchev–Trinajstić information content (AvgIpc) is 3.33. The number of benzene rings is 2. The van der Waals surface area contributed by atoms with Crippen LogP contribution in [-0.4, -0.2) is 56.4 Å². The van der Waals surface area contributed by atoms with Crippen LogP contribution in [0.1, 0.15) is 17.3 Å². The first kappa shape index (κ1) is 19.5. The fraction of sp³-hybridized carbons (Fsp3) is 0.333. The van der Waals surface area contributed by atoms with Gasteiger partial charge in [0.05, 0.1) is 16.8 Å². The standard InChI is InChI=1S/C21H23N3O4S/c1-4-26-15-6-7-16-19(12-15)29-21(22-16)24(10-9-23(2)3)20(25)14-5-8-17-18(11-14)28-13-27-17/h5-8,11-12H,4,9-10,13H2,1-3H3. The highest BCUT2D eigenvalue weighted by molar-refractivity contribution is 7.22. The minimum atomic E-state index is -0.116. The van der Waals surface area contributed by atoms with Crippen LogP contribution in [0, 0.1) is 0 Å². The predicted molar refractivity (Wildman–Crippen MR) is 114 cm³/mol. The van der Waals surface area contributed by atoms with Gasteiger partial charge in [0, 0.05) is 18.7 Å². The maximum absolute atomic E-state index is 13.4. The van der Waals surface area contributed by atoms with Crippen LogP contribution in [0.3, 0.4) is 0 Å². The summed E-state index contributed by atoms with van der Waals surface area (Å²) in [7, 11) is 3.96. The van der Waals surface area contributed by atoms with Crippen molar-refractivity contribution in [2.75, 3.05) is 45.5 Å². The molecule has 0 atom stereocenters. The maximum atomic E-state index is 13.4. The molecule has 0 spiro atoms. The molecule has 29 heavy (non-hydrogen) atoms.